The molecule has 2 aromatic rings. The highest BCUT2D eigenvalue weighted by Gasteiger charge is 2.26. The Labute approximate surface area is 153 Å². The Morgan fingerprint density at radius 2 is 2.19 bits per heavy atom. The zero-order valence-electron chi connectivity index (χ0n) is 15.2. The molecule has 0 saturated carbocycles. The lowest BCUT2D eigenvalue weighted by Gasteiger charge is -2.32. The number of nitrogens with two attached hydrogens (primary N) is 1. The van der Waals surface area contributed by atoms with E-state index in [2.05, 4.69) is 26.3 Å². The molecule has 7 heteroatoms. The van der Waals surface area contributed by atoms with Gasteiger partial charge in [0, 0.05) is 38.4 Å². The van der Waals surface area contributed by atoms with Gasteiger partial charge in [-0.2, -0.15) is 4.98 Å². The highest BCUT2D eigenvalue weighted by molar-refractivity contribution is 5.72. The molecular formula is C19H25N5O2. The van der Waals surface area contributed by atoms with E-state index in [1.165, 1.54) is 6.92 Å². The second kappa shape index (κ2) is 8.14. The van der Waals surface area contributed by atoms with E-state index in [-0.39, 0.29) is 17.9 Å². The molecule has 2 heterocycles. The Balaban J connectivity index is 1.98. The molecule has 3 N–H and O–H groups in total. The van der Waals surface area contributed by atoms with Gasteiger partial charge in [-0.15, -0.1) is 0 Å². The SMILES string of the molecule is CC(=O)NCc1ccccc1C1COCCCN1c1cc(C)nc(N)n1. The van der Waals surface area contributed by atoms with E-state index in [1.54, 1.807) is 0 Å². The maximum atomic E-state index is 11.3. The number of amides is 1. The molecule has 1 atom stereocenters. The number of anilines is 2. The van der Waals surface area contributed by atoms with Crippen molar-refractivity contribution in [2.45, 2.75) is 32.9 Å². The summed E-state index contributed by atoms with van der Waals surface area (Å²) in [6, 6.07) is 10.1. The topological polar surface area (TPSA) is 93.4 Å². The van der Waals surface area contributed by atoms with Crippen LogP contribution in [0, 0.1) is 6.92 Å². The molecule has 0 bridgehead atoms. The molecule has 1 aromatic heterocycles. The highest BCUT2D eigenvalue weighted by atomic mass is 16.5. The summed E-state index contributed by atoms with van der Waals surface area (Å²) in [7, 11) is 0. The average Bonchev–Trinajstić information content (AvgIpc) is 2.85. The minimum atomic E-state index is -0.0482. The van der Waals surface area contributed by atoms with Crippen LogP contribution >= 0.6 is 0 Å². The summed E-state index contributed by atoms with van der Waals surface area (Å²) in [5, 5.41) is 2.89. The van der Waals surface area contributed by atoms with Crippen molar-refractivity contribution in [3.05, 3.63) is 47.2 Å². The van der Waals surface area contributed by atoms with Crippen LogP contribution < -0.4 is 16.0 Å². The fourth-order valence-electron chi connectivity index (χ4n) is 3.27. The first kappa shape index (κ1) is 18.1. The van der Waals surface area contributed by atoms with Crippen LogP contribution in [0.4, 0.5) is 11.8 Å². The van der Waals surface area contributed by atoms with Gasteiger partial charge in [-0.3, -0.25) is 4.79 Å². The number of carbonyl (C=O) groups excluding carboxylic acids is 1. The highest BCUT2D eigenvalue weighted by Crippen LogP contribution is 2.31. The van der Waals surface area contributed by atoms with Crippen molar-refractivity contribution in [1.82, 2.24) is 15.3 Å². The van der Waals surface area contributed by atoms with Crippen LogP contribution in [0.2, 0.25) is 0 Å². The van der Waals surface area contributed by atoms with Crippen molar-refractivity contribution in [3.63, 3.8) is 0 Å². The lowest BCUT2D eigenvalue weighted by Crippen LogP contribution is -2.33. The molecule has 26 heavy (non-hydrogen) atoms. The molecule has 1 amide bonds. The monoisotopic (exact) mass is 355 g/mol. The van der Waals surface area contributed by atoms with Crippen LogP contribution in [0.25, 0.3) is 0 Å². The van der Waals surface area contributed by atoms with E-state index in [9.17, 15) is 4.79 Å². The minimum absolute atomic E-state index is 0.00356. The van der Waals surface area contributed by atoms with E-state index >= 15 is 0 Å². The zero-order chi connectivity index (χ0) is 18.5. The number of nitrogen functional groups attached to an aromatic ring is 1. The summed E-state index contributed by atoms with van der Waals surface area (Å²) in [6.45, 7) is 6.00. The molecule has 0 radical (unpaired) electrons. The Morgan fingerprint density at radius 1 is 1.38 bits per heavy atom. The van der Waals surface area contributed by atoms with Crippen LogP contribution in [0.1, 0.15) is 36.2 Å². The van der Waals surface area contributed by atoms with Gasteiger partial charge in [-0.25, -0.2) is 4.98 Å². The van der Waals surface area contributed by atoms with Gasteiger partial charge in [0.15, 0.2) is 0 Å². The van der Waals surface area contributed by atoms with Crippen LogP contribution in [0.5, 0.6) is 0 Å². The zero-order valence-corrected chi connectivity index (χ0v) is 15.2. The molecule has 0 spiro atoms. The normalized spacial score (nSPS) is 17.6. The number of benzene rings is 1. The van der Waals surface area contributed by atoms with Crippen LogP contribution in [-0.4, -0.2) is 35.6 Å². The van der Waals surface area contributed by atoms with E-state index in [4.69, 9.17) is 10.5 Å². The van der Waals surface area contributed by atoms with E-state index in [0.29, 0.717) is 19.8 Å². The largest absolute Gasteiger partial charge is 0.379 e. The molecule has 1 aliphatic heterocycles. The van der Waals surface area contributed by atoms with Crippen LogP contribution in [0.3, 0.4) is 0 Å². The van der Waals surface area contributed by atoms with Gasteiger partial charge in [-0.1, -0.05) is 24.3 Å². The average molecular weight is 355 g/mol. The molecule has 1 aliphatic rings. The number of nitrogens with one attached hydrogen (secondary N) is 1. The fraction of sp³-hybridized carbons (Fsp3) is 0.421. The molecule has 138 valence electrons. The van der Waals surface area contributed by atoms with E-state index in [0.717, 1.165) is 35.6 Å². The lowest BCUT2D eigenvalue weighted by molar-refractivity contribution is -0.119. The van der Waals surface area contributed by atoms with Gasteiger partial charge < -0.3 is 20.7 Å². The molecule has 1 unspecified atom stereocenters. The number of nitrogens with zero attached hydrogens (tertiary/aromatic N) is 3. The second-order valence-corrected chi connectivity index (χ2v) is 6.47. The summed E-state index contributed by atoms with van der Waals surface area (Å²) in [6.07, 6.45) is 0.910. The molecule has 1 aromatic carbocycles. The molecule has 1 fully saturated rings. The quantitative estimate of drug-likeness (QED) is 0.871. The first-order valence-corrected chi connectivity index (χ1v) is 8.82. The number of aryl methyl sites for hydroxylation is 1. The summed E-state index contributed by atoms with van der Waals surface area (Å²) in [5.41, 5.74) is 8.90. The Bertz CT molecular complexity index is 760. The molecule has 1 saturated heterocycles. The Hall–Kier alpha value is -2.67. The number of hydrogen-bond donors (Lipinski definition) is 2. The summed E-state index contributed by atoms with van der Waals surface area (Å²) in [4.78, 5) is 22.2. The molecule has 0 aliphatic carbocycles. The Kier molecular flexibility index (Phi) is 5.68. The number of hydrogen-bond acceptors (Lipinski definition) is 6. The van der Waals surface area contributed by atoms with Crippen molar-refractivity contribution in [2.75, 3.05) is 30.4 Å². The second-order valence-electron chi connectivity index (χ2n) is 6.47. The standard InChI is InChI=1S/C19H25N5O2/c1-13-10-18(23-19(20)22-13)24-8-5-9-26-12-17(24)16-7-4-3-6-15(16)11-21-14(2)25/h3-4,6-7,10,17H,5,8-9,11-12H2,1-2H3,(H,21,25)(H2,20,22,23). The van der Waals surface area contributed by atoms with Gasteiger partial charge in [0.05, 0.1) is 12.6 Å². The predicted octanol–water partition coefficient (Wildman–Crippen LogP) is 1.97. The van der Waals surface area contributed by atoms with Crippen LogP contribution in [0.15, 0.2) is 30.3 Å². The number of aromatic nitrogens is 2. The third-order valence-electron chi connectivity index (χ3n) is 4.43. The van der Waals surface area contributed by atoms with Gasteiger partial charge in [0.2, 0.25) is 11.9 Å². The molecule has 3 rings (SSSR count). The van der Waals surface area contributed by atoms with Crippen molar-refractivity contribution in [3.8, 4) is 0 Å². The maximum absolute atomic E-state index is 11.3. The number of carbonyl (C=O) groups is 1. The minimum Gasteiger partial charge on any atom is -0.379 e. The Morgan fingerprint density at radius 3 is 2.96 bits per heavy atom. The molecular weight excluding hydrogens is 330 g/mol. The third-order valence-corrected chi connectivity index (χ3v) is 4.43. The number of ether oxygens (including phenoxy) is 1. The van der Waals surface area contributed by atoms with Gasteiger partial charge >= 0.3 is 0 Å². The smallest absolute Gasteiger partial charge is 0.222 e. The van der Waals surface area contributed by atoms with E-state index in [1.807, 2.05) is 31.2 Å². The van der Waals surface area contributed by atoms with Gasteiger partial charge in [0.25, 0.3) is 0 Å². The van der Waals surface area contributed by atoms with Crippen molar-refractivity contribution < 1.29 is 9.53 Å². The first-order valence-electron chi connectivity index (χ1n) is 8.82. The fourth-order valence-corrected chi connectivity index (χ4v) is 3.27. The summed E-state index contributed by atoms with van der Waals surface area (Å²) >= 11 is 0. The van der Waals surface area contributed by atoms with Crippen molar-refractivity contribution in [1.29, 1.82) is 0 Å². The van der Waals surface area contributed by atoms with Gasteiger partial charge in [0.1, 0.15) is 5.82 Å². The summed E-state index contributed by atoms with van der Waals surface area (Å²) < 4.78 is 5.85. The van der Waals surface area contributed by atoms with Gasteiger partial charge in [-0.05, 0) is 24.5 Å². The predicted molar refractivity (Wildman–Crippen MR) is 101 cm³/mol. The summed E-state index contributed by atoms with van der Waals surface area (Å²) in [5.74, 6) is 1.03. The third kappa shape index (κ3) is 4.29. The van der Waals surface area contributed by atoms with Crippen LogP contribution in [-0.2, 0) is 16.1 Å². The first-order chi connectivity index (χ1) is 12.5. The van der Waals surface area contributed by atoms with Crippen molar-refractivity contribution in [2.24, 2.45) is 0 Å². The van der Waals surface area contributed by atoms with Crippen molar-refractivity contribution >= 4 is 17.7 Å². The lowest BCUT2D eigenvalue weighted by atomic mass is 9.99. The maximum Gasteiger partial charge on any atom is 0.222 e. The molecule has 7 nitrogen and oxygen atoms in total. The van der Waals surface area contributed by atoms with E-state index < -0.39 is 0 Å². The number of rotatable bonds is 4.